The van der Waals surface area contributed by atoms with Crippen LogP contribution in [0.15, 0.2) is 24.3 Å². The number of carbonyl (C=O) groups is 2. The molecule has 0 spiro atoms. The second-order valence-corrected chi connectivity index (χ2v) is 8.77. The normalized spacial score (nSPS) is 16.0. The number of ether oxygens (including phenoxy) is 1. The fraction of sp³-hybridized carbons (Fsp3) is 0.542. The molecule has 2 saturated carbocycles. The van der Waals surface area contributed by atoms with Crippen LogP contribution in [0.1, 0.15) is 59.4 Å². The number of esters is 1. The van der Waals surface area contributed by atoms with Gasteiger partial charge in [0.25, 0.3) is 5.91 Å². The Morgan fingerprint density at radius 1 is 1.13 bits per heavy atom. The Kier molecular flexibility index (Phi) is 5.67. The minimum atomic E-state index is -0.218. The maximum atomic E-state index is 13.1. The summed E-state index contributed by atoms with van der Waals surface area (Å²) in [5.74, 6) is 1.29. The lowest BCUT2D eigenvalue weighted by atomic mass is 10.0. The van der Waals surface area contributed by atoms with E-state index in [2.05, 4.69) is 5.10 Å². The number of hydrogen-bond donors (Lipinski definition) is 0. The lowest BCUT2D eigenvalue weighted by Gasteiger charge is -2.28. The van der Waals surface area contributed by atoms with Crippen molar-refractivity contribution in [3.05, 3.63) is 46.8 Å². The molecule has 2 fully saturated rings. The average Bonchev–Trinajstić information content (AvgIpc) is 3.67. The zero-order chi connectivity index (χ0) is 21.4. The summed E-state index contributed by atoms with van der Waals surface area (Å²) in [5.41, 5.74) is 4.63. The van der Waals surface area contributed by atoms with E-state index >= 15 is 0 Å². The van der Waals surface area contributed by atoms with Gasteiger partial charge in [-0.3, -0.25) is 9.59 Å². The van der Waals surface area contributed by atoms with Gasteiger partial charge >= 0.3 is 5.97 Å². The smallest absolute Gasteiger partial charge is 0.305 e. The summed E-state index contributed by atoms with van der Waals surface area (Å²) in [6.45, 7) is 3.97. The first-order valence-corrected chi connectivity index (χ1v) is 10.9. The molecule has 0 bridgehead atoms. The molecule has 0 atom stereocenters. The van der Waals surface area contributed by atoms with Crippen molar-refractivity contribution in [2.75, 3.05) is 14.2 Å². The average molecular weight is 410 g/mol. The van der Waals surface area contributed by atoms with Crippen molar-refractivity contribution >= 4 is 11.9 Å². The van der Waals surface area contributed by atoms with E-state index in [0.29, 0.717) is 30.7 Å². The second-order valence-electron chi connectivity index (χ2n) is 8.77. The van der Waals surface area contributed by atoms with Crippen molar-refractivity contribution in [3.63, 3.8) is 0 Å². The monoisotopic (exact) mass is 409 g/mol. The number of rotatable bonds is 8. The summed E-state index contributed by atoms with van der Waals surface area (Å²) in [7, 11) is 3.37. The highest BCUT2D eigenvalue weighted by atomic mass is 16.5. The number of aryl methyl sites for hydroxylation is 1. The molecule has 0 radical (unpaired) electrons. The van der Waals surface area contributed by atoms with E-state index in [4.69, 9.17) is 4.74 Å². The van der Waals surface area contributed by atoms with Crippen LogP contribution in [0.5, 0.6) is 0 Å². The molecular formula is C24H31N3O3. The predicted octanol–water partition coefficient (Wildman–Crippen LogP) is 3.86. The molecule has 0 unspecified atom stereocenters. The lowest BCUT2D eigenvalue weighted by molar-refractivity contribution is -0.140. The van der Waals surface area contributed by atoms with Crippen molar-refractivity contribution in [1.82, 2.24) is 14.7 Å². The Morgan fingerprint density at radius 3 is 2.27 bits per heavy atom. The molecule has 0 saturated heterocycles. The van der Waals surface area contributed by atoms with Crippen molar-refractivity contribution in [2.45, 2.75) is 58.4 Å². The van der Waals surface area contributed by atoms with Gasteiger partial charge in [-0.1, -0.05) is 0 Å². The molecule has 6 heteroatoms. The Bertz CT molecular complexity index is 927. The molecule has 2 aliphatic rings. The highest BCUT2D eigenvalue weighted by Crippen LogP contribution is 2.47. The Labute approximate surface area is 178 Å². The fourth-order valence-corrected chi connectivity index (χ4v) is 4.59. The number of benzene rings is 1. The van der Waals surface area contributed by atoms with Gasteiger partial charge in [0, 0.05) is 30.8 Å². The van der Waals surface area contributed by atoms with Crippen molar-refractivity contribution in [2.24, 2.45) is 11.8 Å². The molecule has 2 aliphatic carbocycles. The molecule has 0 aliphatic heterocycles. The topological polar surface area (TPSA) is 64.4 Å². The van der Waals surface area contributed by atoms with Gasteiger partial charge in [-0.25, -0.2) is 4.68 Å². The van der Waals surface area contributed by atoms with Crippen LogP contribution in [0, 0.1) is 25.7 Å². The maximum Gasteiger partial charge on any atom is 0.305 e. The van der Waals surface area contributed by atoms with Gasteiger partial charge in [0.1, 0.15) is 0 Å². The number of methoxy groups -OCH3 is 1. The van der Waals surface area contributed by atoms with Crippen LogP contribution in [0.25, 0.3) is 5.69 Å². The molecule has 0 N–H and O–H groups in total. The van der Waals surface area contributed by atoms with Crippen LogP contribution in [0.2, 0.25) is 0 Å². The van der Waals surface area contributed by atoms with E-state index < -0.39 is 0 Å². The minimum absolute atomic E-state index is 0.109. The maximum absolute atomic E-state index is 13.1. The molecule has 2 aromatic rings. The first kappa shape index (κ1) is 20.6. The molecule has 6 nitrogen and oxygen atoms in total. The standard InChI is InChI=1S/C24H31N3O3/c1-15-21(13-14-22(28)30-4)16(2)27(25-15)20-11-9-19(10-12-20)24(29)26(3)23(17-5-6-17)18-7-8-18/h9-12,17-18,23H,5-8,13-14H2,1-4H3. The van der Waals surface area contributed by atoms with Gasteiger partial charge in [0.05, 0.1) is 18.5 Å². The number of hydrogen-bond acceptors (Lipinski definition) is 4. The van der Waals surface area contributed by atoms with Crippen LogP contribution in [0.3, 0.4) is 0 Å². The van der Waals surface area contributed by atoms with E-state index in [0.717, 1.165) is 28.2 Å². The largest absolute Gasteiger partial charge is 0.469 e. The zero-order valence-electron chi connectivity index (χ0n) is 18.4. The van der Waals surface area contributed by atoms with Gasteiger partial charge in [0.2, 0.25) is 0 Å². The molecular weight excluding hydrogens is 378 g/mol. The van der Waals surface area contributed by atoms with Crippen LogP contribution in [-0.4, -0.2) is 46.8 Å². The summed E-state index contributed by atoms with van der Waals surface area (Å²) < 4.78 is 6.64. The highest BCUT2D eigenvalue weighted by molar-refractivity contribution is 5.94. The van der Waals surface area contributed by atoms with Crippen molar-refractivity contribution in [1.29, 1.82) is 0 Å². The predicted molar refractivity (Wildman–Crippen MR) is 115 cm³/mol. The molecule has 160 valence electrons. The quantitative estimate of drug-likeness (QED) is 0.621. The SMILES string of the molecule is COC(=O)CCc1c(C)nn(-c2ccc(C(=O)N(C)C(C3CC3)C3CC3)cc2)c1C. The molecule has 1 aromatic heterocycles. The summed E-state index contributed by atoms with van der Waals surface area (Å²) in [6, 6.07) is 8.11. The van der Waals surface area contributed by atoms with Gasteiger partial charge in [-0.2, -0.15) is 5.10 Å². The van der Waals surface area contributed by atoms with Crippen LogP contribution in [-0.2, 0) is 16.0 Å². The number of nitrogens with zero attached hydrogens (tertiary/aromatic N) is 3. The summed E-state index contributed by atoms with van der Waals surface area (Å²) in [4.78, 5) is 26.5. The van der Waals surface area contributed by atoms with Crippen LogP contribution >= 0.6 is 0 Å². The summed E-state index contributed by atoms with van der Waals surface area (Å²) in [5, 5.41) is 4.65. The van der Waals surface area contributed by atoms with E-state index in [9.17, 15) is 9.59 Å². The summed E-state index contributed by atoms with van der Waals surface area (Å²) in [6.07, 6.45) is 5.98. The third-order valence-electron chi connectivity index (χ3n) is 6.58. The van der Waals surface area contributed by atoms with Gasteiger partial charge in [0.15, 0.2) is 0 Å². The minimum Gasteiger partial charge on any atom is -0.469 e. The lowest BCUT2D eigenvalue weighted by Crippen LogP contribution is -2.40. The van der Waals surface area contributed by atoms with E-state index in [1.165, 1.54) is 32.8 Å². The van der Waals surface area contributed by atoms with Crippen molar-refractivity contribution < 1.29 is 14.3 Å². The van der Waals surface area contributed by atoms with Crippen molar-refractivity contribution in [3.8, 4) is 5.69 Å². The molecule has 1 heterocycles. The first-order chi connectivity index (χ1) is 14.4. The molecule has 30 heavy (non-hydrogen) atoms. The number of aromatic nitrogens is 2. The van der Waals surface area contributed by atoms with Crippen LogP contribution < -0.4 is 0 Å². The van der Waals surface area contributed by atoms with Crippen LogP contribution in [0.4, 0.5) is 0 Å². The Balaban J connectivity index is 1.49. The van der Waals surface area contributed by atoms with Gasteiger partial charge < -0.3 is 9.64 Å². The van der Waals surface area contributed by atoms with E-state index in [1.54, 1.807) is 0 Å². The van der Waals surface area contributed by atoms with Gasteiger partial charge in [-0.05, 0) is 87.6 Å². The molecule has 1 aromatic carbocycles. The third-order valence-corrected chi connectivity index (χ3v) is 6.58. The third kappa shape index (κ3) is 4.13. The Hall–Kier alpha value is -2.63. The van der Waals surface area contributed by atoms with Gasteiger partial charge in [-0.15, -0.1) is 0 Å². The van der Waals surface area contributed by atoms with E-state index in [-0.39, 0.29) is 11.9 Å². The fourth-order valence-electron chi connectivity index (χ4n) is 4.59. The summed E-state index contributed by atoms with van der Waals surface area (Å²) >= 11 is 0. The van der Waals surface area contributed by atoms with E-state index in [1.807, 2.05) is 54.7 Å². The number of carbonyl (C=O) groups excluding carboxylic acids is 2. The number of amides is 1. The zero-order valence-corrected chi connectivity index (χ0v) is 18.4. The molecule has 4 rings (SSSR count). The Morgan fingerprint density at radius 2 is 1.73 bits per heavy atom. The molecule has 1 amide bonds. The first-order valence-electron chi connectivity index (χ1n) is 10.9. The second kappa shape index (κ2) is 8.25. The highest BCUT2D eigenvalue weighted by Gasteiger charge is 2.45.